The van der Waals surface area contributed by atoms with Crippen molar-refractivity contribution >= 4 is 0 Å². The predicted octanol–water partition coefficient (Wildman–Crippen LogP) is 2.32. The first-order valence-electron chi connectivity index (χ1n) is 6.27. The van der Waals surface area contributed by atoms with Crippen molar-refractivity contribution in [2.45, 2.75) is 25.8 Å². The van der Waals surface area contributed by atoms with Gasteiger partial charge in [0.1, 0.15) is 13.2 Å². The van der Waals surface area contributed by atoms with E-state index in [9.17, 15) is 0 Å². The first-order valence-corrected chi connectivity index (χ1v) is 6.27. The van der Waals surface area contributed by atoms with Crippen molar-refractivity contribution in [2.75, 3.05) is 13.2 Å². The lowest BCUT2D eigenvalue weighted by molar-refractivity contribution is 0.168. The van der Waals surface area contributed by atoms with E-state index in [1.165, 1.54) is 0 Å². The Kier molecular flexibility index (Phi) is 4.23. The summed E-state index contributed by atoms with van der Waals surface area (Å²) < 4.78 is 11.3. The molecule has 18 heavy (non-hydrogen) atoms. The van der Waals surface area contributed by atoms with Crippen LogP contribution in [0.3, 0.4) is 0 Å². The molecule has 1 aliphatic rings. The van der Waals surface area contributed by atoms with E-state index in [1.807, 2.05) is 18.2 Å². The van der Waals surface area contributed by atoms with Crippen molar-refractivity contribution in [3.05, 3.63) is 35.9 Å². The van der Waals surface area contributed by atoms with E-state index >= 15 is 0 Å². The molecule has 0 aliphatic carbocycles. The zero-order chi connectivity index (χ0) is 13.0. The minimum Gasteiger partial charge on any atom is -0.486 e. The molecular formula is C14H20N2O2. The molecule has 1 aliphatic heterocycles. The second-order valence-corrected chi connectivity index (χ2v) is 4.40. The third kappa shape index (κ3) is 2.66. The van der Waals surface area contributed by atoms with Crippen LogP contribution in [0, 0.1) is 0 Å². The molecule has 0 radical (unpaired) electrons. The van der Waals surface area contributed by atoms with Gasteiger partial charge in [-0.05, 0) is 18.9 Å². The summed E-state index contributed by atoms with van der Waals surface area (Å²) in [6, 6.07) is 5.90. The molecule has 0 aromatic heterocycles. The van der Waals surface area contributed by atoms with Crippen LogP contribution >= 0.6 is 0 Å². The molecule has 1 aromatic carbocycles. The van der Waals surface area contributed by atoms with Crippen molar-refractivity contribution in [1.82, 2.24) is 5.43 Å². The fraction of sp³-hybridized carbons (Fsp3) is 0.429. The number of fused-ring (bicyclic) bond motifs is 1. The van der Waals surface area contributed by atoms with E-state index in [1.54, 1.807) is 0 Å². The summed E-state index contributed by atoms with van der Waals surface area (Å²) in [6.45, 7) is 7.30. The first kappa shape index (κ1) is 12.9. The lowest BCUT2D eigenvalue weighted by Gasteiger charge is -2.25. The second kappa shape index (κ2) is 5.89. The maximum absolute atomic E-state index is 5.70. The van der Waals surface area contributed by atoms with Gasteiger partial charge >= 0.3 is 0 Å². The molecule has 4 heteroatoms. The highest BCUT2D eigenvalue weighted by molar-refractivity contribution is 5.49. The standard InChI is InChI=1S/C14H20N2O2/c1-3-10(2)9-12(16-15)11-5-4-6-13-14(11)18-8-7-17-13/h4-6,12,16H,2-3,7-9,15H2,1H3. The van der Waals surface area contributed by atoms with Gasteiger partial charge in [-0.2, -0.15) is 0 Å². The minimum atomic E-state index is 0.00843. The third-order valence-corrected chi connectivity index (χ3v) is 3.17. The van der Waals surface area contributed by atoms with Gasteiger partial charge in [0, 0.05) is 5.56 Å². The number of hydrogen-bond acceptors (Lipinski definition) is 4. The van der Waals surface area contributed by atoms with E-state index < -0.39 is 0 Å². The van der Waals surface area contributed by atoms with E-state index in [2.05, 4.69) is 18.9 Å². The minimum absolute atomic E-state index is 0.00843. The van der Waals surface area contributed by atoms with E-state index in [0.29, 0.717) is 13.2 Å². The molecule has 98 valence electrons. The van der Waals surface area contributed by atoms with Crippen molar-refractivity contribution in [1.29, 1.82) is 0 Å². The number of para-hydroxylation sites is 1. The maximum Gasteiger partial charge on any atom is 0.166 e. The van der Waals surface area contributed by atoms with Crippen LogP contribution in [0.25, 0.3) is 0 Å². The molecule has 2 rings (SSSR count). The molecule has 4 nitrogen and oxygen atoms in total. The smallest absolute Gasteiger partial charge is 0.166 e. The average Bonchev–Trinajstić information content (AvgIpc) is 2.44. The van der Waals surface area contributed by atoms with Crippen LogP contribution in [0.1, 0.15) is 31.4 Å². The second-order valence-electron chi connectivity index (χ2n) is 4.40. The highest BCUT2D eigenvalue weighted by atomic mass is 16.6. The highest BCUT2D eigenvalue weighted by Gasteiger charge is 2.21. The Morgan fingerprint density at radius 1 is 1.44 bits per heavy atom. The quantitative estimate of drug-likeness (QED) is 0.477. The summed E-state index contributed by atoms with van der Waals surface area (Å²) in [5.41, 5.74) is 5.03. The van der Waals surface area contributed by atoms with Gasteiger partial charge in [-0.15, -0.1) is 0 Å². The number of nitrogens with one attached hydrogen (secondary N) is 1. The van der Waals surface area contributed by atoms with Crippen LogP contribution in [0.15, 0.2) is 30.4 Å². The summed E-state index contributed by atoms with van der Waals surface area (Å²) >= 11 is 0. The largest absolute Gasteiger partial charge is 0.486 e. The van der Waals surface area contributed by atoms with Crippen LogP contribution in [0.2, 0.25) is 0 Å². The van der Waals surface area contributed by atoms with Gasteiger partial charge in [0.2, 0.25) is 0 Å². The molecule has 1 unspecified atom stereocenters. The summed E-state index contributed by atoms with van der Waals surface area (Å²) in [4.78, 5) is 0. The Morgan fingerprint density at radius 2 is 2.22 bits per heavy atom. The van der Waals surface area contributed by atoms with Crippen LogP contribution in [0.4, 0.5) is 0 Å². The van der Waals surface area contributed by atoms with Gasteiger partial charge in [-0.1, -0.05) is 31.2 Å². The van der Waals surface area contributed by atoms with Crippen molar-refractivity contribution in [3.8, 4) is 11.5 Å². The van der Waals surface area contributed by atoms with Gasteiger partial charge < -0.3 is 9.47 Å². The molecule has 0 saturated carbocycles. The van der Waals surface area contributed by atoms with E-state index in [-0.39, 0.29) is 6.04 Å². The fourth-order valence-electron chi connectivity index (χ4n) is 2.06. The van der Waals surface area contributed by atoms with Gasteiger partial charge in [0.25, 0.3) is 0 Å². The molecule has 0 fully saturated rings. The Bertz CT molecular complexity index is 432. The molecule has 0 spiro atoms. The zero-order valence-corrected chi connectivity index (χ0v) is 10.7. The van der Waals surface area contributed by atoms with Crippen molar-refractivity contribution in [3.63, 3.8) is 0 Å². The van der Waals surface area contributed by atoms with Gasteiger partial charge in [-0.3, -0.25) is 11.3 Å². The monoisotopic (exact) mass is 248 g/mol. The summed E-state index contributed by atoms with van der Waals surface area (Å²) in [5.74, 6) is 7.25. The van der Waals surface area contributed by atoms with Crippen molar-refractivity contribution < 1.29 is 9.47 Å². The zero-order valence-electron chi connectivity index (χ0n) is 10.7. The van der Waals surface area contributed by atoms with Gasteiger partial charge in [0.15, 0.2) is 11.5 Å². The first-order chi connectivity index (χ1) is 8.76. The number of ether oxygens (including phenoxy) is 2. The molecule has 1 aromatic rings. The Hall–Kier alpha value is -1.52. The van der Waals surface area contributed by atoms with Gasteiger partial charge in [-0.25, -0.2) is 0 Å². The molecule has 1 heterocycles. The summed E-state index contributed by atoms with van der Waals surface area (Å²) in [6.07, 6.45) is 1.75. The Morgan fingerprint density at radius 3 is 2.94 bits per heavy atom. The average molecular weight is 248 g/mol. The van der Waals surface area contributed by atoms with Crippen LogP contribution in [0.5, 0.6) is 11.5 Å². The molecule has 0 amide bonds. The lowest BCUT2D eigenvalue weighted by atomic mass is 9.97. The maximum atomic E-state index is 5.70. The number of hydrogen-bond donors (Lipinski definition) is 2. The number of benzene rings is 1. The summed E-state index contributed by atoms with van der Waals surface area (Å²) in [5, 5.41) is 0. The van der Waals surface area contributed by atoms with Gasteiger partial charge in [0.05, 0.1) is 6.04 Å². The normalized spacial score (nSPS) is 15.2. The Balaban J connectivity index is 2.27. The third-order valence-electron chi connectivity index (χ3n) is 3.17. The molecule has 0 saturated heterocycles. The predicted molar refractivity (Wildman–Crippen MR) is 71.5 cm³/mol. The van der Waals surface area contributed by atoms with Crippen molar-refractivity contribution in [2.24, 2.45) is 5.84 Å². The molecular weight excluding hydrogens is 228 g/mol. The Labute approximate surface area is 108 Å². The number of hydrazine groups is 1. The number of nitrogens with two attached hydrogens (primary N) is 1. The molecule has 3 N–H and O–H groups in total. The fourth-order valence-corrected chi connectivity index (χ4v) is 2.06. The molecule has 0 bridgehead atoms. The van der Waals surface area contributed by atoms with E-state index in [4.69, 9.17) is 15.3 Å². The van der Waals surface area contributed by atoms with E-state index in [0.717, 1.165) is 35.5 Å². The van der Waals surface area contributed by atoms with Crippen LogP contribution in [-0.2, 0) is 0 Å². The summed E-state index contributed by atoms with van der Waals surface area (Å²) in [7, 11) is 0. The topological polar surface area (TPSA) is 56.5 Å². The van der Waals surface area contributed by atoms with Crippen LogP contribution < -0.4 is 20.7 Å². The molecule has 1 atom stereocenters. The highest BCUT2D eigenvalue weighted by Crippen LogP contribution is 2.38. The lowest BCUT2D eigenvalue weighted by Crippen LogP contribution is -2.29. The van der Waals surface area contributed by atoms with Crippen LogP contribution in [-0.4, -0.2) is 13.2 Å². The number of rotatable bonds is 5. The SMILES string of the molecule is C=C(CC)CC(NN)c1cccc2c1OCCO2.